The molecule has 1 amide bonds. The summed E-state index contributed by atoms with van der Waals surface area (Å²) in [6.45, 7) is 6.90. The minimum Gasteiger partial charge on any atom is -0.493 e. The van der Waals surface area contributed by atoms with Crippen LogP contribution in [-0.4, -0.2) is 72.9 Å². The van der Waals surface area contributed by atoms with E-state index in [1.807, 2.05) is 48.2 Å². The monoisotopic (exact) mass is 482 g/mol. The summed E-state index contributed by atoms with van der Waals surface area (Å²) in [5, 5.41) is 11.0. The van der Waals surface area contributed by atoms with E-state index in [-0.39, 0.29) is 5.91 Å². The summed E-state index contributed by atoms with van der Waals surface area (Å²) in [7, 11) is 1.65. The van der Waals surface area contributed by atoms with Gasteiger partial charge in [-0.2, -0.15) is 0 Å². The van der Waals surface area contributed by atoms with Crippen LogP contribution >= 0.6 is 0 Å². The Balaban J connectivity index is 1.24. The number of hydrogen-bond donors (Lipinski definition) is 1. The molecule has 7 nitrogen and oxygen atoms in total. The van der Waals surface area contributed by atoms with Crippen LogP contribution in [-0.2, 0) is 11.3 Å². The van der Waals surface area contributed by atoms with E-state index in [0.29, 0.717) is 38.2 Å². The molecule has 7 heteroatoms. The van der Waals surface area contributed by atoms with Gasteiger partial charge in [0.1, 0.15) is 18.0 Å². The number of aliphatic hydroxyl groups is 1. The number of nitrogens with zero attached hydrogens (tertiary/aromatic N) is 2. The number of hydrogen-bond acceptors (Lipinski definition) is 6. The Hall–Kier alpha value is -2.77. The third kappa shape index (κ3) is 7.12. The first-order valence-corrected chi connectivity index (χ1v) is 12.7. The highest BCUT2D eigenvalue weighted by molar-refractivity contribution is 5.77. The molecule has 0 bridgehead atoms. The van der Waals surface area contributed by atoms with Crippen molar-refractivity contribution in [2.24, 2.45) is 0 Å². The number of benzene rings is 2. The van der Waals surface area contributed by atoms with Crippen LogP contribution in [0.25, 0.3) is 0 Å². The Bertz CT molecular complexity index is 970. The lowest BCUT2D eigenvalue weighted by molar-refractivity contribution is -0.127. The second-order valence-corrected chi connectivity index (χ2v) is 9.77. The number of ether oxygens (including phenoxy) is 3. The number of rotatable bonds is 11. The molecule has 2 heterocycles. The molecule has 0 aliphatic carbocycles. The lowest BCUT2D eigenvalue weighted by Gasteiger charge is -2.38. The fraction of sp³-hybridized carbons (Fsp3) is 0.536. The molecule has 0 radical (unpaired) electrons. The first-order chi connectivity index (χ1) is 16.9. The summed E-state index contributed by atoms with van der Waals surface area (Å²) in [5.74, 6) is 2.49. The Kier molecular flexibility index (Phi) is 8.52. The number of aryl methyl sites for hydroxylation is 1. The van der Waals surface area contributed by atoms with Crippen molar-refractivity contribution in [3.8, 4) is 17.2 Å². The standard InChI is InChI=1S/C28H38N2O5/c1-22-6-9-24(10-7-22)35-21-28(32)12-16-29(17-13-28)20-23-8-11-25(33-2)26(19-23)34-18-4-15-30-14-3-5-27(30)31/h6-11,19,32H,3-5,12-18,20-21H2,1-2H3. The second kappa shape index (κ2) is 11.8. The van der Waals surface area contributed by atoms with Crippen molar-refractivity contribution >= 4 is 5.91 Å². The van der Waals surface area contributed by atoms with Gasteiger partial charge in [-0.05, 0) is 62.4 Å². The van der Waals surface area contributed by atoms with Gasteiger partial charge in [0.25, 0.3) is 0 Å². The van der Waals surface area contributed by atoms with Gasteiger partial charge < -0.3 is 24.2 Å². The summed E-state index contributed by atoms with van der Waals surface area (Å²) in [6, 6.07) is 14.0. The van der Waals surface area contributed by atoms with Crippen molar-refractivity contribution in [2.45, 2.75) is 51.2 Å². The van der Waals surface area contributed by atoms with Crippen LogP contribution in [0.1, 0.15) is 43.2 Å². The lowest BCUT2D eigenvalue weighted by Crippen LogP contribution is -2.47. The van der Waals surface area contributed by atoms with E-state index in [4.69, 9.17) is 14.2 Å². The number of methoxy groups -OCH3 is 1. The van der Waals surface area contributed by atoms with Gasteiger partial charge in [-0.15, -0.1) is 0 Å². The van der Waals surface area contributed by atoms with E-state index in [0.717, 1.165) is 62.6 Å². The van der Waals surface area contributed by atoms with Gasteiger partial charge in [0.2, 0.25) is 5.91 Å². The molecule has 4 rings (SSSR count). The van der Waals surface area contributed by atoms with Crippen LogP contribution in [0.15, 0.2) is 42.5 Å². The topological polar surface area (TPSA) is 71.5 Å². The molecular weight excluding hydrogens is 444 g/mol. The normalized spacial score (nSPS) is 18.0. The highest BCUT2D eigenvalue weighted by Crippen LogP contribution is 2.30. The molecule has 0 spiro atoms. The average Bonchev–Trinajstić information content (AvgIpc) is 3.28. The van der Waals surface area contributed by atoms with Crippen LogP contribution in [0, 0.1) is 6.92 Å². The van der Waals surface area contributed by atoms with Crippen LogP contribution in [0.2, 0.25) is 0 Å². The molecule has 2 aliphatic heterocycles. The highest BCUT2D eigenvalue weighted by Gasteiger charge is 2.33. The minimum absolute atomic E-state index is 0.250. The second-order valence-electron chi connectivity index (χ2n) is 9.77. The van der Waals surface area contributed by atoms with Crippen molar-refractivity contribution in [2.75, 3.05) is 46.5 Å². The molecule has 0 saturated carbocycles. The van der Waals surface area contributed by atoms with Gasteiger partial charge in [-0.25, -0.2) is 0 Å². The molecule has 2 aliphatic rings. The summed E-state index contributed by atoms with van der Waals surface area (Å²) >= 11 is 0. The summed E-state index contributed by atoms with van der Waals surface area (Å²) in [6.07, 6.45) is 3.78. The van der Waals surface area contributed by atoms with E-state index in [9.17, 15) is 9.90 Å². The molecule has 0 atom stereocenters. The van der Waals surface area contributed by atoms with Gasteiger partial charge in [0.05, 0.1) is 13.7 Å². The number of carbonyl (C=O) groups is 1. The fourth-order valence-electron chi connectivity index (χ4n) is 4.69. The zero-order chi connectivity index (χ0) is 24.7. The first-order valence-electron chi connectivity index (χ1n) is 12.7. The highest BCUT2D eigenvalue weighted by atomic mass is 16.5. The summed E-state index contributed by atoms with van der Waals surface area (Å²) in [4.78, 5) is 16.0. The Morgan fingerprint density at radius 1 is 1.00 bits per heavy atom. The van der Waals surface area contributed by atoms with Crippen LogP contribution in [0.4, 0.5) is 0 Å². The van der Waals surface area contributed by atoms with E-state index in [1.54, 1.807) is 7.11 Å². The number of amides is 1. The maximum atomic E-state index is 11.8. The molecule has 0 unspecified atom stereocenters. The predicted octanol–water partition coefficient (Wildman–Crippen LogP) is 3.80. The summed E-state index contributed by atoms with van der Waals surface area (Å²) in [5.41, 5.74) is 1.54. The molecule has 190 valence electrons. The first kappa shape index (κ1) is 25.3. The Labute approximate surface area is 208 Å². The Morgan fingerprint density at radius 2 is 1.77 bits per heavy atom. The van der Waals surface area contributed by atoms with Gasteiger partial charge >= 0.3 is 0 Å². The van der Waals surface area contributed by atoms with E-state index in [1.165, 1.54) is 5.56 Å². The fourth-order valence-corrected chi connectivity index (χ4v) is 4.69. The molecular formula is C28H38N2O5. The molecule has 2 saturated heterocycles. The van der Waals surface area contributed by atoms with Crippen molar-refractivity contribution in [1.29, 1.82) is 0 Å². The molecule has 0 aromatic heterocycles. The Morgan fingerprint density at radius 3 is 2.46 bits per heavy atom. The molecule has 2 aromatic rings. The minimum atomic E-state index is -0.799. The van der Waals surface area contributed by atoms with Crippen molar-refractivity contribution in [3.63, 3.8) is 0 Å². The zero-order valence-corrected chi connectivity index (χ0v) is 21.0. The molecule has 2 fully saturated rings. The van der Waals surface area contributed by atoms with Gasteiger partial charge in [0, 0.05) is 39.1 Å². The predicted molar refractivity (Wildman–Crippen MR) is 135 cm³/mol. The van der Waals surface area contributed by atoms with Gasteiger partial charge in [0.15, 0.2) is 11.5 Å². The van der Waals surface area contributed by atoms with E-state index in [2.05, 4.69) is 11.0 Å². The van der Waals surface area contributed by atoms with E-state index >= 15 is 0 Å². The van der Waals surface area contributed by atoms with Crippen molar-refractivity contribution in [1.82, 2.24) is 9.80 Å². The third-order valence-electron chi connectivity index (χ3n) is 6.95. The molecule has 2 aromatic carbocycles. The van der Waals surface area contributed by atoms with Gasteiger partial charge in [-0.1, -0.05) is 23.8 Å². The van der Waals surface area contributed by atoms with E-state index < -0.39 is 5.60 Å². The van der Waals surface area contributed by atoms with Crippen molar-refractivity contribution in [3.05, 3.63) is 53.6 Å². The zero-order valence-electron chi connectivity index (χ0n) is 21.0. The smallest absolute Gasteiger partial charge is 0.222 e. The number of likely N-dealkylation sites (tertiary alicyclic amines) is 2. The molecule has 1 N–H and O–H groups in total. The van der Waals surface area contributed by atoms with Crippen LogP contribution in [0.3, 0.4) is 0 Å². The lowest BCUT2D eigenvalue weighted by atomic mass is 9.92. The van der Waals surface area contributed by atoms with Gasteiger partial charge in [-0.3, -0.25) is 9.69 Å². The molecule has 35 heavy (non-hydrogen) atoms. The van der Waals surface area contributed by atoms with Crippen LogP contribution < -0.4 is 14.2 Å². The summed E-state index contributed by atoms with van der Waals surface area (Å²) < 4.78 is 17.4. The quantitative estimate of drug-likeness (QED) is 0.491. The average molecular weight is 483 g/mol. The largest absolute Gasteiger partial charge is 0.493 e. The van der Waals surface area contributed by atoms with Crippen molar-refractivity contribution < 1.29 is 24.1 Å². The SMILES string of the molecule is COc1ccc(CN2CCC(O)(COc3ccc(C)cc3)CC2)cc1OCCCN1CCCC1=O. The maximum absolute atomic E-state index is 11.8. The van der Waals surface area contributed by atoms with Crippen LogP contribution in [0.5, 0.6) is 17.2 Å². The maximum Gasteiger partial charge on any atom is 0.222 e. The third-order valence-corrected chi connectivity index (χ3v) is 6.95. The number of carbonyl (C=O) groups excluding carboxylic acids is 1. The number of piperidine rings is 1.